The van der Waals surface area contributed by atoms with Gasteiger partial charge in [-0.1, -0.05) is 25.5 Å². The highest BCUT2D eigenvalue weighted by molar-refractivity contribution is 5.94. The maximum absolute atomic E-state index is 13.0. The smallest absolute Gasteiger partial charge is 0.407 e. The van der Waals surface area contributed by atoms with Gasteiger partial charge in [0.2, 0.25) is 5.75 Å². The molecule has 1 aromatic carbocycles. The van der Waals surface area contributed by atoms with E-state index in [4.69, 9.17) is 4.74 Å². The second-order valence-electron chi connectivity index (χ2n) is 7.55. The van der Waals surface area contributed by atoms with Crippen LogP contribution >= 0.6 is 0 Å². The van der Waals surface area contributed by atoms with Crippen LogP contribution in [0.1, 0.15) is 55.5 Å². The van der Waals surface area contributed by atoms with Gasteiger partial charge in [0.15, 0.2) is 5.69 Å². The standard InChI is InChI=1S/C21H27FN4O5/c1-5-6-11-31-20(30)25-21(2,3)19-24-15(16(27)18(29)26(19)4)17(28)23-12-13-7-9-14(22)10-8-13/h7-10,27H,5-6,11-12H2,1-4H3,(H,23,28)(H,25,30). The Labute approximate surface area is 179 Å². The van der Waals surface area contributed by atoms with Crippen LogP contribution in [0.25, 0.3) is 0 Å². The number of carbonyl (C=O) groups excluding carboxylic acids is 2. The molecule has 2 amide bonds. The number of alkyl carbamates (subject to hydrolysis) is 1. The molecule has 1 heterocycles. The monoisotopic (exact) mass is 434 g/mol. The van der Waals surface area contributed by atoms with Gasteiger partial charge in [-0.3, -0.25) is 14.2 Å². The summed E-state index contributed by atoms with van der Waals surface area (Å²) in [6.45, 7) is 5.43. The largest absolute Gasteiger partial charge is 0.501 e. The Morgan fingerprint density at radius 2 is 1.90 bits per heavy atom. The molecule has 0 atom stereocenters. The number of ether oxygens (including phenoxy) is 1. The Bertz CT molecular complexity index is 1000. The van der Waals surface area contributed by atoms with Crippen LogP contribution in [-0.4, -0.2) is 33.3 Å². The average Bonchev–Trinajstić information content (AvgIpc) is 2.71. The number of amides is 2. The van der Waals surface area contributed by atoms with Crippen LogP contribution in [0.4, 0.5) is 9.18 Å². The quantitative estimate of drug-likeness (QED) is 0.548. The van der Waals surface area contributed by atoms with Crippen molar-refractivity contribution in [3.05, 3.63) is 57.5 Å². The zero-order valence-corrected chi connectivity index (χ0v) is 18.0. The van der Waals surface area contributed by atoms with E-state index in [2.05, 4.69) is 15.6 Å². The van der Waals surface area contributed by atoms with E-state index >= 15 is 0 Å². The van der Waals surface area contributed by atoms with E-state index in [0.717, 1.165) is 11.0 Å². The average molecular weight is 434 g/mol. The first-order chi connectivity index (χ1) is 14.6. The Balaban J connectivity index is 2.25. The van der Waals surface area contributed by atoms with Crippen LogP contribution in [0.15, 0.2) is 29.1 Å². The predicted octanol–water partition coefficient (Wildman–Crippen LogP) is 2.32. The molecule has 10 heteroatoms. The van der Waals surface area contributed by atoms with Gasteiger partial charge in [0.05, 0.1) is 12.1 Å². The summed E-state index contributed by atoms with van der Waals surface area (Å²) in [5.74, 6) is -1.96. The molecule has 1 aromatic heterocycles. The molecule has 0 aliphatic rings. The highest BCUT2D eigenvalue weighted by Crippen LogP contribution is 2.20. The molecule has 0 saturated heterocycles. The number of halogens is 1. The molecule has 0 bridgehead atoms. The van der Waals surface area contributed by atoms with Crippen LogP contribution < -0.4 is 16.2 Å². The number of unbranched alkanes of at least 4 members (excludes halogenated alkanes) is 1. The topological polar surface area (TPSA) is 123 Å². The minimum Gasteiger partial charge on any atom is -0.501 e. The van der Waals surface area contributed by atoms with Crippen molar-refractivity contribution in [1.29, 1.82) is 0 Å². The van der Waals surface area contributed by atoms with Crippen molar-refractivity contribution in [1.82, 2.24) is 20.2 Å². The third kappa shape index (κ3) is 6.03. The number of benzene rings is 1. The van der Waals surface area contributed by atoms with Gasteiger partial charge >= 0.3 is 6.09 Å². The molecular formula is C21H27FN4O5. The molecule has 0 spiro atoms. The van der Waals surface area contributed by atoms with Crippen molar-refractivity contribution in [3.63, 3.8) is 0 Å². The fourth-order valence-corrected chi connectivity index (χ4v) is 2.83. The molecular weight excluding hydrogens is 407 g/mol. The number of nitrogens with zero attached hydrogens (tertiary/aromatic N) is 2. The first-order valence-electron chi connectivity index (χ1n) is 9.84. The molecule has 9 nitrogen and oxygen atoms in total. The number of aromatic hydroxyl groups is 1. The summed E-state index contributed by atoms with van der Waals surface area (Å²) in [4.78, 5) is 41.3. The van der Waals surface area contributed by atoms with Crippen LogP contribution in [-0.2, 0) is 23.9 Å². The fraction of sp³-hybridized carbons (Fsp3) is 0.429. The molecule has 0 radical (unpaired) electrons. The molecule has 0 unspecified atom stereocenters. The number of carbonyl (C=O) groups is 2. The fourth-order valence-electron chi connectivity index (χ4n) is 2.83. The van der Waals surface area contributed by atoms with Crippen molar-refractivity contribution in [2.24, 2.45) is 7.05 Å². The summed E-state index contributed by atoms with van der Waals surface area (Å²) in [5, 5.41) is 15.3. The second kappa shape index (κ2) is 10.1. The van der Waals surface area contributed by atoms with E-state index in [9.17, 15) is 23.9 Å². The number of hydrogen-bond acceptors (Lipinski definition) is 6. The lowest BCUT2D eigenvalue weighted by atomic mass is 10.0. The molecule has 0 aliphatic carbocycles. The van der Waals surface area contributed by atoms with Gasteiger partial charge in [-0.2, -0.15) is 0 Å². The first kappa shape index (κ1) is 23.8. The third-order valence-electron chi connectivity index (χ3n) is 4.55. The van der Waals surface area contributed by atoms with E-state index in [1.807, 2.05) is 6.92 Å². The lowest BCUT2D eigenvalue weighted by molar-refractivity contribution is 0.0941. The summed E-state index contributed by atoms with van der Waals surface area (Å²) >= 11 is 0. The third-order valence-corrected chi connectivity index (χ3v) is 4.55. The van der Waals surface area contributed by atoms with Crippen molar-refractivity contribution in [3.8, 4) is 5.75 Å². The van der Waals surface area contributed by atoms with E-state index in [-0.39, 0.29) is 19.0 Å². The molecule has 3 N–H and O–H groups in total. The van der Waals surface area contributed by atoms with Crippen molar-refractivity contribution in [2.45, 2.75) is 45.7 Å². The van der Waals surface area contributed by atoms with E-state index < -0.39 is 40.4 Å². The normalized spacial score (nSPS) is 11.1. The number of nitrogens with one attached hydrogen (secondary N) is 2. The minimum absolute atomic E-state index is 0.0379. The zero-order chi connectivity index (χ0) is 23.2. The molecule has 0 saturated carbocycles. The molecule has 0 aliphatic heterocycles. The van der Waals surface area contributed by atoms with Gasteiger partial charge in [0.1, 0.15) is 11.6 Å². The van der Waals surface area contributed by atoms with Crippen molar-refractivity contribution in [2.75, 3.05) is 6.61 Å². The van der Waals surface area contributed by atoms with Gasteiger partial charge in [-0.25, -0.2) is 14.2 Å². The Morgan fingerprint density at radius 3 is 2.52 bits per heavy atom. The maximum atomic E-state index is 13.0. The Hall–Kier alpha value is -3.43. The van der Waals surface area contributed by atoms with Gasteiger partial charge in [-0.05, 0) is 38.0 Å². The summed E-state index contributed by atoms with van der Waals surface area (Å²) in [7, 11) is 1.37. The second-order valence-corrected chi connectivity index (χ2v) is 7.55. The summed E-state index contributed by atoms with van der Waals surface area (Å²) in [6.07, 6.45) is 0.881. The molecule has 168 valence electrons. The van der Waals surface area contributed by atoms with Crippen LogP contribution in [0, 0.1) is 5.82 Å². The molecule has 0 fully saturated rings. The van der Waals surface area contributed by atoms with Gasteiger partial charge in [0, 0.05) is 13.6 Å². The van der Waals surface area contributed by atoms with Crippen molar-refractivity contribution < 1.29 is 23.8 Å². The maximum Gasteiger partial charge on any atom is 0.407 e. The van der Waals surface area contributed by atoms with Gasteiger partial charge in [-0.15, -0.1) is 0 Å². The lowest BCUT2D eigenvalue weighted by Gasteiger charge is -2.27. The Morgan fingerprint density at radius 1 is 1.26 bits per heavy atom. The SMILES string of the molecule is CCCCOC(=O)NC(C)(C)c1nc(C(=O)NCc2ccc(F)cc2)c(O)c(=O)n1C. The van der Waals surface area contributed by atoms with Crippen LogP contribution in [0.5, 0.6) is 5.75 Å². The lowest BCUT2D eigenvalue weighted by Crippen LogP contribution is -2.46. The Kier molecular flexibility index (Phi) is 7.73. The number of aromatic nitrogens is 2. The van der Waals surface area contributed by atoms with Gasteiger partial charge < -0.3 is 20.5 Å². The van der Waals surface area contributed by atoms with E-state index in [1.54, 1.807) is 13.8 Å². The molecule has 31 heavy (non-hydrogen) atoms. The van der Waals surface area contributed by atoms with Crippen LogP contribution in [0.2, 0.25) is 0 Å². The highest BCUT2D eigenvalue weighted by atomic mass is 19.1. The van der Waals surface area contributed by atoms with E-state index in [0.29, 0.717) is 12.0 Å². The van der Waals surface area contributed by atoms with Crippen LogP contribution in [0.3, 0.4) is 0 Å². The van der Waals surface area contributed by atoms with Crippen molar-refractivity contribution >= 4 is 12.0 Å². The summed E-state index contributed by atoms with van der Waals surface area (Å²) < 4.78 is 19.2. The minimum atomic E-state index is -1.18. The van der Waals surface area contributed by atoms with E-state index in [1.165, 1.54) is 31.3 Å². The predicted molar refractivity (Wildman–Crippen MR) is 111 cm³/mol. The van der Waals surface area contributed by atoms with Gasteiger partial charge in [0.25, 0.3) is 11.5 Å². The highest BCUT2D eigenvalue weighted by Gasteiger charge is 2.31. The number of rotatable bonds is 8. The summed E-state index contributed by atoms with van der Waals surface area (Å²) in [5.41, 5.74) is -1.88. The number of hydrogen-bond donors (Lipinski definition) is 3. The summed E-state index contributed by atoms with van der Waals surface area (Å²) in [6, 6.07) is 5.49. The zero-order valence-electron chi connectivity index (χ0n) is 18.0. The first-order valence-corrected chi connectivity index (χ1v) is 9.84. The molecule has 2 rings (SSSR count). The molecule has 2 aromatic rings.